The highest BCUT2D eigenvalue weighted by atomic mass is 79.9. The topological polar surface area (TPSA) is 56.3 Å². The van der Waals surface area contributed by atoms with Crippen molar-refractivity contribution >= 4 is 27.3 Å². The zero-order valence-electron chi connectivity index (χ0n) is 11.4. The first-order valence-corrected chi connectivity index (χ1v) is 7.71. The van der Waals surface area contributed by atoms with E-state index in [0.717, 1.165) is 32.3 Å². The summed E-state index contributed by atoms with van der Waals surface area (Å²) in [5.74, 6) is 0.786. The highest BCUT2D eigenvalue weighted by molar-refractivity contribution is 9.10. The molecule has 1 aromatic carbocycles. The van der Waals surface area contributed by atoms with Gasteiger partial charge in [-0.25, -0.2) is 0 Å². The molecule has 0 aliphatic rings. The minimum atomic E-state index is 0.687. The molecule has 0 saturated heterocycles. The van der Waals surface area contributed by atoms with Crippen LogP contribution in [0.25, 0.3) is 10.6 Å². The average Bonchev–Trinajstić information content (AvgIpc) is 2.92. The second-order valence-corrected chi connectivity index (χ2v) is 5.99. The summed E-state index contributed by atoms with van der Waals surface area (Å²) in [6.07, 6.45) is 0. The quantitative estimate of drug-likeness (QED) is 0.772. The van der Waals surface area contributed by atoms with Gasteiger partial charge in [0.25, 0.3) is 0 Å². The number of benzene rings is 1. The van der Waals surface area contributed by atoms with Crippen molar-refractivity contribution in [1.29, 1.82) is 0 Å². The summed E-state index contributed by atoms with van der Waals surface area (Å²) < 4.78 is 11.3. The second-order valence-electron chi connectivity index (χ2n) is 4.02. The van der Waals surface area contributed by atoms with E-state index in [-0.39, 0.29) is 0 Å². The normalized spacial score (nSPS) is 10.8. The summed E-state index contributed by atoms with van der Waals surface area (Å²) in [5, 5.41) is 13.5. The van der Waals surface area contributed by atoms with E-state index in [1.54, 1.807) is 25.6 Å². The van der Waals surface area contributed by atoms with Gasteiger partial charge in [0.2, 0.25) is 0 Å². The Hall–Kier alpha value is -1.02. The van der Waals surface area contributed by atoms with Gasteiger partial charge in [0.1, 0.15) is 10.8 Å². The third kappa shape index (κ3) is 3.99. The van der Waals surface area contributed by atoms with Crippen LogP contribution in [-0.2, 0) is 11.3 Å². The third-order valence-corrected chi connectivity index (χ3v) is 4.07. The van der Waals surface area contributed by atoms with Crippen molar-refractivity contribution in [2.45, 2.75) is 6.54 Å². The highest BCUT2D eigenvalue weighted by Gasteiger charge is 2.11. The van der Waals surface area contributed by atoms with Crippen LogP contribution in [0.2, 0.25) is 0 Å². The van der Waals surface area contributed by atoms with E-state index in [0.29, 0.717) is 13.2 Å². The molecule has 0 radical (unpaired) electrons. The molecule has 0 bridgehead atoms. The molecule has 5 nitrogen and oxygen atoms in total. The molecule has 7 heteroatoms. The minimum Gasteiger partial charge on any atom is -0.496 e. The van der Waals surface area contributed by atoms with Gasteiger partial charge in [-0.15, -0.1) is 10.2 Å². The van der Waals surface area contributed by atoms with Gasteiger partial charge in [0.15, 0.2) is 5.01 Å². The minimum absolute atomic E-state index is 0.687. The Labute approximate surface area is 130 Å². The molecule has 2 rings (SSSR count). The van der Waals surface area contributed by atoms with Gasteiger partial charge in [-0.05, 0) is 18.2 Å². The Balaban J connectivity index is 2.08. The Bertz CT molecular complexity index is 562. The lowest BCUT2D eigenvalue weighted by atomic mass is 10.2. The molecule has 20 heavy (non-hydrogen) atoms. The first kappa shape index (κ1) is 15.4. The van der Waals surface area contributed by atoms with E-state index >= 15 is 0 Å². The predicted molar refractivity (Wildman–Crippen MR) is 83.2 cm³/mol. The number of hydrogen-bond donors (Lipinski definition) is 1. The van der Waals surface area contributed by atoms with E-state index < -0.39 is 0 Å². The molecule has 0 spiro atoms. The number of methoxy groups -OCH3 is 2. The summed E-state index contributed by atoms with van der Waals surface area (Å²) in [6.45, 7) is 2.18. The smallest absolute Gasteiger partial charge is 0.151 e. The SMILES string of the molecule is COCCNCc1nnc(-c2ccc(Br)cc2OC)s1. The predicted octanol–water partition coefficient (Wildman–Crippen LogP) is 2.71. The van der Waals surface area contributed by atoms with Crippen LogP contribution in [0.15, 0.2) is 22.7 Å². The summed E-state index contributed by atoms with van der Waals surface area (Å²) in [4.78, 5) is 0. The van der Waals surface area contributed by atoms with Crippen molar-refractivity contribution in [2.24, 2.45) is 0 Å². The van der Waals surface area contributed by atoms with Crippen molar-refractivity contribution < 1.29 is 9.47 Å². The van der Waals surface area contributed by atoms with Crippen LogP contribution >= 0.6 is 27.3 Å². The molecule has 108 valence electrons. The molecular weight excluding hydrogens is 342 g/mol. The number of hydrogen-bond acceptors (Lipinski definition) is 6. The number of ether oxygens (including phenoxy) is 2. The van der Waals surface area contributed by atoms with Gasteiger partial charge in [0.05, 0.1) is 19.3 Å². The monoisotopic (exact) mass is 357 g/mol. The van der Waals surface area contributed by atoms with Crippen molar-refractivity contribution in [2.75, 3.05) is 27.4 Å². The Morgan fingerprint density at radius 3 is 2.90 bits per heavy atom. The molecule has 0 saturated carbocycles. The average molecular weight is 358 g/mol. The number of nitrogens with one attached hydrogen (secondary N) is 1. The van der Waals surface area contributed by atoms with E-state index in [4.69, 9.17) is 9.47 Å². The number of rotatable bonds is 7. The lowest BCUT2D eigenvalue weighted by Crippen LogP contribution is -2.18. The molecule has 0 amide bonds. The maximum Gasteiger partial charge on any atom is 0.151 e. The van der Waals surface area contributed by atoms with Gasteiger partial charge >= 0.3 is 0 Å². The van der Waals surface area contributed by atoms with Gasteiger partial charge < -0.3 is 14.8 Å². The van der Waals surface area contributed by atoms with Crippen LogP contribution < -0.4 is 10.1 Å². The Kier molecular flexibility index (Phi) is 5.90. The van der Waals surface area contributed by atoms with Crippen LogP contribution in [0.4, 0.5) is 0 Å². The molecule has 0 fully saturated rings. The van der Waals surface area contributed by atoms with Gasteiger partial charge in [-0.2, -0.15) is 0 Å². The van der Waals surface area contributed by atoms with Crippen LogP contribution in [0.1, 0.15) is 5.01 Å². The highest BCUT2D eigenvalue weighted by Crippen LogP contribution is 2.34. The molecule has 0 aliphatic carbocycles. The molecule has 1 N–H and O–H groups in total. The lowest BCUT2D eigenvalue weighted by molar-refractivity contribution is 0.199. The number of halogens is 1. The fraction of sp³-hybridized carbons (Fsp3) is 0.385. The standard InChI is InChI=1S/C13H16BrN3O2S/c1-18-6-5-15-8-12-16-17-13(20-12)10-4-3-9(14)7-11(10)19-2/h3-4,7,15H,5-6,8H2,1-2H3. The molecule has 0 aliphatic heterocycles. The molecular formula is C13H16BrN3O2S. The summed E-state index contributed by atoms with van der Waals surface area (Å²) in [6, 6.07) is 5.87. The molecule has 1 aromatic heterocycles. The van der Waals surface area contributed by atoms with Crippen molar-refractivity contribution in [3.05, 3.63) is 27.7 Å². The van der Waals surface area contributed by atoms with E-state index in [2.05, 4.69) is 31.4 Å². The van der Waals surface area contributed by atoms with Crippen molar-refractivity contribution in [3.63, 3.8) is 0 Å². The van der Waals surface area contributed by atoms with E-state index in [1.165, 1.54) is 0 Å². The first-order chi connectivity index (χ1) is 9.74. The van der Waals surface area contributed by atoms with Gasteiger partial charge in [-0.1, -0.05) is 27.3 Å². The van der Waals surface area contributed by atoms with Crippen LogP contribution in [0.3, 0.4) is 0 Å². The lowest BCUT2D eigenvalue weighted by Gasteiger charge is -2.05. The molecule has 0 atom stereocenters. The second kappa shape index (κ2) is 7.68. The van der Waals surface area contributed by atoms with Crippen LogP contribution in [0, 0.1) is 0 Å². The zero-order valence-corrected chi connectivity index (χ0v) is 13.8. The first-order valence-electron chi connectivity index (χ1n) is 6.10. The largest absolute Gasteiger partial charge is 0.496 e. The van der Waals surface area contributed by atoms with Gasteiger partial charge in [0, 0.05) is 24.7 Å². The fourth-order valence-corrected chi connectivity index (χ4v) is 2.82. The van der Waals surface area contributed by atoms with Crippen molar-refractivity contribution in [1.82, 2.24) is 15.5 Å². The van der Waals surface area contributed by atoms with Crippen LogP contribution in [0.5, 0.6) is 5.75 Å². The van der Waals surface area contributed by atoms with E-state index in [1.807, 2.05) is 18.2 Å². The summed E-state index contributed by atoms with van der Waals surface area (Å²) in [7, 11) is 3.34. The molecule has 2 aromatic rings. The summed E-state index contributed by atoms with van der Waals surface area (Å²) >= 11 is 4.99. The van der Waals surface area contributed by atoms with E-state index in [9.17, 15) is 0 Å². The Morgan fingerprint density at radius 2 is 2.15 bits per heavy atom. The molecule has 0 unspecified atom stereocenters. The number of aromatic nitrogens is 2. The maximum absolute atomic E-state index is 5.38. The van der Waals surface area contributed by atoms with Crippen LogP contribution in [-0.4, -0.2) is 37.6 Å². The third-order valence-electron chi connectivity index (χ3n) is 2.62. The molecule has 1 heterocycles. The maximum atomic E-state index is 5.38. The Morgan fingerprint density at radius 1 is 1.30 bits per heavy atom. The van der Waals surface area contributed by atoms with Gasteiger partial charge in [-0.3, -0.25) is 0 Å². The fourth-order valence-electron chi connectivity index (χ4n) is 1.65. The number of nitrogens with zero attached hydrogens (tertiary/aromatic N) is 2. The summed E-state index contributed by atoms with van der Waals surface area (Å²) in [5.41, 5.74) is 0.955. The van der Waals surface area contributed by atoms with Crippen molar-refractivity contribution in [3.8, 4) is 16.3 Å². The zero-order chi connectivity index (χ0) is 14.4.